The SMILES string of the molecule is CCOC(=O)Nc1ccc(NC(=O)CN(Cc2ccccc2)Cc2ccccc2)cc1OC. The van der Waals surface area contributed by atoms with Crippen molar-refractivity contribution >= 4 is 23.4 Å². The Morgan fingerprint density at radius 1 is 0.848 bits per heavy atom. The van der Waals surface area contributed by atoms with E-state index in [2.05, 4.69) is 39.8 Å². The molecule has 0 heterocycles. The van der Waals surface area contributed by atoms with Crippen LogP contribution in [0.1, 0.15) is 18.1 Å². The first-order valence-electron chi connectivity index (χ1n) is 10.8. The van der Waals surface area contributed by atoms with Crippen molar-refractivity contribution in [2.45, 2.75) is 20.0 Å². The third-order valence-electron chi connectivity index (χ3n) is 4.86. The fourth-order valence-corrected chi connectivity index (χ4v) is 3.40. The number of hydrogen-bond donors (Lipinski definition) is 2. The van der Waals surface area contributed by atoms with E-state index in [1.165, 1.54) is 7.11 Å². The van der Waals surface area contributed by atoms with Gasteiger partial charge >= 0.3 is 6.09 Å². The molecule has 0 atom stereocenters. The molecule has 2 amide bonds. The van der Waals surface area contributed by atoms with Gasteiger partial charge in [-0.3, -0.25) is 15.0 Å². The highest BCUT2D eigenvalue weighted by Crippen LogP contribution is 2.28. The van der Waals surface area contributed by atoms with Crippen LogP contribution in [-0.4, -0.2) is 37.2 Å². The minimum absolute atomic E-state index is 0.144. The van der Waals surface area contributed by atoms with E-state index in [9.17, 15) is 9.59 Å². The van der Waals surface area contributed by atoms with Crippen molar-refractivity contribution in [1.82, 2.24) is 4.90 Å². The van der Waals surface area contributed by atoms with Crippen LogP contribution in [0.2, 0.25) is 0 Å². The van der Waals surface area contributed by atoms with Crippen molar-refractivity contribution in [2.75, 3.05) is 30.9 Å². The van der Waals surface area contributed by atoms with Crippen molar-refractivity contribution in [1.29, 1.82) is 0 Å². The van der Waals surface area contributed by atoms with E-state index in [-0.39, 0.29) is 19.1 Å². The molecule has 0 aliphatic heterocycles. The molecule has 3 rings (SSSR count). The van der Waals surface area contributed by atoms with Gasteiger partial charge in [-0.2, -0.15) is 0 Å². The Balaban J connectivity index is 1.68. The number of methoxy groups -OCH3 is 1. The molecule has 0 saturated carbocycles. The summed E-state index contributed by atoms with van der Waals surface area (Å²) >= 11 is 0. The van der Waals surface area contributed by atoms with Crippen LogP contribution in [0.15, 0.2) is 78.9 Å². The maximum Gasteiger partial charge on any atom is 0.411 e. The zero-order valence-electron chi connectivity index (χ0n) is 18.9. The summed E-state index contributed by atoms with van der Waals surface area (Å²) in [6.07, 6.45) is -0.565. The highest BCUT2D eigenvalue weighted by Gasteiger charge is 2.14. The quantitative estimate of drug-likeness (QED) is 0.462. The van der Waals surface area contributed by atoms with Gasteiger partial charge in [-0.15, -0.1) is 0 Å². The average Bonchev–Trinajstić information content (AvgIpc) is 2.81. The van der Waals surface area contributed by atoms with E-state index in [1.54, 1.807) is 25.1 Å². The lowest BCUT2D eigenvalue weighted by Gasteiger charge is -2.22. The van der Waals surface area contributed by atoms with E-state index < -0.39 is 6.09 Å². The summed E-state index contributed by atoms with van der Waals surface area (Å²) in [6, 6.07) is 25.2. The number of rotatable bonds is 10. The summed E-state index contributed by atoms with van der Waals surface area (Å²) < 4.78 is 10.3. The Labute approximate surface area is 194 Å². The lowest BCUT2D eigenvalue weighted by molar-refractivity contribution is -0.117. The lowest BCUT2D eigenvalue weighted by Crippen LogP contribution is -2.32. The van der Waals surface area contributed by atoms with Crippen LogP contribution in [0.3, 0.4) is 0 Å². The van der Waals surface area contributed by atoms with Crippen molar-refractivity contribution < 1.29 is 19.1 Å². The van der Waals surface area contributed by atoms with Crippen LogP contribution in [0.5, 0.6) is 5.75 Å². The molecule has 2 N–H and O–H groups in total. The third-order valence-corrected chi connectivity index (χ3v) is 4.86. The van der Waals surface area contributed by atoms with Gasteiger partial charge < -0.3 is 14.8 Å². The highest BCUT2D eigenvalue weighted by molar-refractivity contribution is 5.93. The minimum atomic E-state index is -0.565. The number of ether oxygens (including phenoxy) is 2. The van der Waals surface area contributed by atoms with E-state index >= 15 is 0 Å². The number of nitrogens with one attached hydrogen (secondary N) is 2. The maximum atomic E-state index is 12.9. The molecule has 0 bridgehead atoms. The predicted octanol–water partition coefficient (Wildman–Crippen LogP) is 4.90. The van der Waals surface area contributed by atoms with Crippen molar-refractivity contribution in [3.63, 3.8) is 0 Å². The Morgan fingerprint density at radius 3 is 2.00 bits per heavy atom. The van der Waals surface area contributed by atoms with Gasteiger partial charge in [0.2, 0.25) is 5.91 Å². The molecular weight excluding hydrogens is 418 g/mol. The molecular formula is C26H29N3O4. The van der Waals surface area contributed by atoms with Crippen molar-refractivity contribution in [2.24, 2.45) is 0 Å². The van der Waals surface area contributed by atoms with Gasteiger partial charge in [0.15, 0.2) is 0 Å². The number of benzene rings is 3. The zero-order chi connectivity index (χ0) is 23.5. The zero-order valence-corrected chi connectivity index (χ0v) is 18.9. The van der Waals surface area contributed by atoms with E-state index in [1.807, 2.05) is 36.4 Å². The van der Waals surface area contributed by atoms with Crippen LogP contribution in [-0.2, 0) is 22.6 Å². The van der Waals surface area contributed by atoms with Crippen LogP contribution >= 0.6 is 0 Å². The summed E-state index contributed by atoms with van der Waals surface area (Å²) in [7, 11) is 1.50. The molecule has 0 fully saturated rings. The smallest absolute Gasteiger partial charge is 0.411 e. The van der Waals surface area contributed by atoms with Crippen molar-refractivity contribution in [3.05, 3.63) is 90.0 Å². The normalized spacial score (nSPS) is 10.5. The summed E-state index contributed by atoms with van der Waals surface area (Å²) in [5.74, 6) is 0.279. The molecule has 7 nitrogen and oxygen atoms in total. The van der Waals surface area contributed by atoms with Crippen molar-refractivity contribution in [3.8, 4) is 5.75 Å². The van der Waals surface area contributed by atoms with Gasteiger partial charge in [-0.05, 0) is 30.2 Å². The fourth-order valence-electron chi connectivity index (χ4n) is 3.40. The summed E-state index contributed by atoms with van der Waals surface area (Å²) in [5, 5.41) is 5.54. The second-order valence-electron chi connectivity index (χ2n) is 7.43. The number of amides is 2. The summed E-state index contributed by atoms with van der Waals surface area (Å²) in [6.45, 7) is 3.51. The molecule has 0 aromatic heterocycles. The monoisotopic (exact) mass is 447 g/mol. The highest BCUT2D eigenvalue weighted by atomic mass is 16.5. The Bertz CT molecular complexity index is 1000. The van der Waals surface area contributed by atoms with Crippen LogP contribution in [0, 0.1) is 0 Å². The summed E-state index contributed by atoms with van der Waals surface area (Å²) in [4.78, 5) is 26.7. The molecule has 3 aromatic carbocycles. The van der Waals surface area contributed by atoms with Gasteiger partial charge in [0.05, 0.1) is 25.9 Å². The van der Waals surface area contributed by atoms with Gasteiger partial charge in [-0.25, -0.2) is 4.79 Å². The van der Waals surface area contributed by atoms with Gasteiger partial charge in [0.25, 0.3) is 0 Å². The van der Waals surface area contributed by atoms with E-state index in [0.29, 0.717) is 30.2 Å². The number of anilines is 2. The first-order chi connectivity index (χ1) is 16.1. The number of nitrogens with zero attached hydrogens (tertiary/aromatic N) is 1. The molecule has 0 unspecified atom stereocenters. The largest absolute Gasteiger partial charge is 0.494 e. The summed E-state index contributed by atoms with van der Waals surface area (Å²) in [5.41, 5.74) is 3.31. The van der Waals surface area contributed by atoms with E-state index in [4.69, 9.17) is 9.47 Å². The molecule has 0 spiro atoms. The molecule has 0 aliphatic carbocycles. The third kappa shape index (κ3) is 7.66. The number of carbonyl (C=O) groups is 2. The lowest BCUT2D eigenvalue weighted by atomic mass is 10.1. The molecule has 0 radical (unpaired) electrons. The second kappa shape index (κ2) is 12.3. The standard InChI is InChI=1S/C26H29N3O4/c1-3-33-26(31)28-23-15-14-22(16-24(23)32-2)27-25(30)19-29(17-20-10-6-4-7-11-20)18-21-12-8-5-9-13-21/h4-16H,3,17-19H2,1-2H3,(H,27,30)(H,28,31). The minimum Gasteiger partial charge on any atom is -0.494 e. The number of hydrogen-bond acceptors (Lipinski definition) is 5. The van der Waals surface area contributed by atoms with E-state index in [0.717, 1.165) is 11.1 Å². The Kier molecular flexibility index (Phi) is 8.85. The average molecular weight is 448 g/mol. The second-order valence-corrected chi connectivity index (χ2v) is 7.43. The predicted molar refractivity (Wildman–Crippen MR) is 129 cm³/mol. The molecule has 33 heavy (non-hydrogen) atoms. The topological polar surface area (TPSA) is 79.9 Å². The molecule has 0 aliphatic rings. The van der Waals surface area contributed by atoms with Gasteiger partial charge in [0.1, 0.15) is 5.75 Å². The molecule has 172 valence electrons. The fraction of sp³-hybridized carbons (Fsp3) is 0.231. The molecule has 7 heteroatoms. The Hall–Kier alpha value is -3.84. The first-order valence-corrected chi connectivity index (χ1v) is 10.8. The van der Waals surface area contributed by atoms with Crippen LogP contribution < -0.4 is 15.4 Å². The van der Waals surface area contributed by atoms with Crippen LogP contribution in [0.4, 0.5) is 16.2 Å². The van der Waals surface area contributed by atoms with Gasteiger partial charge in [-0.1, -0.05) is 60.7 Å². The Morgan fingerprint density at radius 2 is 1.45 bits per heavy atom. The first kappa shape index (κ1) is 23.8. The molecule has 3 aromatic rings. The van der Waals surface area contributed by atoms with Crippen LogP contribution in [0.25, 0.3) is 0 Å². The van der Waals surface area contributed by atoms with Gasteiger partial charge in [0, 0.05) is 24.8 Å². The number of carbonyl (C=O) groups excluding carboxylic acids is 2. The maximum absolute atomic E-state index is 12.9. The molecule has 0 saturated heterocycles.